The van der Waals surface area contributed by atoms with Gasteiger partial charge in [-0.1, -0.05) is 45.4 Å². The Morgan fingerprint density at radius 1 is 1.19 bits per heavy atom. The van der Waals surface area contributed by atoms with Crippen LogP contribution in [-0.2, 0) is 9.59 Å². The van der Waals surface area contributed by atoms with Gasteiger partial charge in [0, 0.05) is 12.3 Å². The molecule has 0 atom stereocenters. The van der Waals surface area contributed by atoms with Crippen LogP contribution >= 0.6 is 0 Å². The minimum atomic E-state index is -0.868. The third kappa shape index (κ3) is 4.13. The highest BCUT2D eigenvalue weighted by Crippen LogP contribution is 2.45. The second-order valence-electron chi connectivity index (χ2n) is 9.55. The summed E-state index contributed by atoms with van der Waals surface area (Å²) < 4.78 is 1.65. The number of urea groups is 1. The molecule has 2 heterocycles. The predicted molar refractivity (Wildman–Crippen MR) is 121 cm³/mol. The van der Waals surface area contributed by atoms with E-state index in [4.69, 9.17) is 0 Å². The predicted octanol–water partition coefficient (Wildman–Crippen LogP) is 3.73. The Kier molecular flexibility index (Phi) is 5.79. The molecule has 2 N–H and O–H groups in total. The van der Waals surface area contributed by atoms with E-state index in [1.165, 1.54) is 0 Å². The maximum Gasteiger partial charge on any atom is 0.325 e. The molecule has 4 amide bonds. The Bertz CT molecular complexity index is 1010. The van der Waals surface area contributed by atoms with E-state index in [9.17, 15) is 14.4 Å². The summed E-state index contributed by atoms with van der Waals surface area (Å²) in [5.74, 6) is 0.146. The van der Waals surface area contributed by atoms with Gasteiger partial charge in [-0.3, -0.25) is 14.5 Å². The van der Waals surface area contributed by atoms with Gasteiger partial charge >= 0.3 is 6.03 Å². The fraction of sp³-hybridized carbons (Fsp3) is 0.500. The van der Waals surface area contributed by atoms with E-state index in [2.05, 4.69) is 36.5 Å². The highest BCUT2D eigenvalue weighted by atomic mass is 16.2. The summed E-state index contributed by atoms with van der Waals surface area (Å²) in [4.78, 5) is 39.3. The summed E-state index contributed by atoms with van der Waals surface area (Å²) in [6.45, 7) is 6.39. The normalized spacial score (nSPS) is 23.5. The van der Waals surface area contributed by atoms with Crippen LogP contribution in [0.1, 0.15) is 52.9 Å². The molecule has 1 saturated heterocycles. The lowest BCUT2D eigenvalue weighted by molar-refractivity contribution is -0.135. The SMILES string of the molecule is CCC(C)(C)C1CCC2(CC1)NC(=O)N(CC(=O)Nc1ccn(-c3ccccc3)n1)C2=O. The molecule has 0 bridgehead atoms. The molecule has 2 aliphatic rings. The van der Waals surface area contributed by atoms with Gasteiger partial charge in [0.2, 0.25) is 5.91 Å². The van der Waals surface area contributed by atoms with Crippen LogP contribution in [-0.4, -0.2) is 44.6 Å². The number of nitrogens with zero attached hydrogens (tertiary/aromatic N) is 3. The minimum absolute atomic E-state index is 0.218. The van der Waals surface area contributed by atoms with E-state index >= 15 is 0 Å². The first-order chi connectivity index (χ1) is 15.2. The lowest BCUT2D eigenvalue weighted by Gasteiger charge is -2.42. The third-order valence-corrected chi connectivity index (χ3v) is 7.28. The van der Waals surface area contributed by atoms with Crippen LogP contribution in [0.5, 0.6) is 0 Å². The number of para-hydroxylation sites is 1. The maximum absolute atomic E-state index is 13.1. The Morgan fingerprint density at radius 2 is 1.88 bits per heavy atom. The number of hydrogen-bond acceptors (Lipinski definition) is 4. The number of aromatic nitrogens is 2. The Balaban J connectivity index is 1.37. The molecule has 2 aromatic rings. The number of nitrogens with one attached hydrogen (secondary N) is 2. The molecule has 0 radical (unpaired) electrons. The van der Waals surface area contributed by atoms with Crippen LogP contribution in [0.4, 0.5) is 10.6 Å². The smallest absolute Gasteiger partial charge is 0.323 e. The highest BCUT2D eigenvalue weighted by Gasteiger charge is 2.53. The summed E-state index contributed by atoms with van der Waals surface area (Å²) in [7, 11) is 0. The van der Waals surface area contributed by atoms with E-state index in [1.54, 1.807) is 16.9 Å². The lowest BCUT2D eigenvalue weighted by Crippen LogP contribution is -2.51. The largest absolute Gasteiger partial charge is 0.325 e. The van der Waals surface area contributed by atoms with Crippen LogP contribution in [0.15, 0.2) is 42.6 Å². The number of anilines is 1. The monoisotopic (exact) mass is 437 g/mol. The van der Waals surface area contributed by atoms with Gasteiger partial charge in [-0.15, -0.1) is 0 Å². The van der Waals surface area contributed by atoms with Crippen molar-refractivity contribution in [1.82, 2.24) is 20.0 Å². The van der Waals surface area contributed by atoms with Gasteiger partial charge in [-0.2, -0.15) is 5.10 Å². The van der Waals surface area contributed by atoms with Crippen molar-refractivity contribution < 1.29 is 14.4 Å². The van der Waals surface area contributed by atoms with Crippen LogP contribution in [0.3, 0.4) is 0 Å². The van der Waals surface area contributed by atoms with Gasteiger partial charge in [-0.05, 0) is 49.1 Å². The summed E-state index contributed by atoms with van der Waals surface area (Å²) >= 11 is 0. The zero-order valence-corrected chi connectivity index (χ0v) is 18.9. The molecule has 1 spiro atoms. The molecule has 4 rings (SSSR count). The Hall–Kier alpha value is -3.16. The number of benzene rings is 1. The number of carbonyl (C=O) groups excluding carboxylic acids is 3. The first-order valence-corrected chi connectivity index (χ1v) is 11.3. The van der Waals surface area contributed by atoms with E-state index in [0.29, 0.717) is 24.6 Å². The van der Waals surface area contributed by atoms with Gasteiger partial charge in [-0.25, -0.2) is 9.48 Å². The fourth-order valence-electron chi connectivity index (χ4n) is 4.78. The second kappa shape index (κ2) is 8.41. The van der Waals surface area contributed by atoms with Crippen LogP contribution in [0, 0.1) is 11.3 Å². The molecule has 1 saturated carbocycles. The maximum atomic E-state index is 13.1. The molecule has 2 fully saturated rings. The highest BCUT2D eigenvalue weighted by molar-refractivity contribution is 6.10. The van der Waals surface area contributed by atoms with Gasteiger partial charge in [0.05, 0.1) is 5.69 Å². The average Bonchev–Trinajstić information content (AvgIpc) is 3.33. The molecule has 32 heavy (non-hydrogen) atoms. The van der Waals surface area contributed by atoms with Gasteiger partial charge in [0.15, 0.2) is 5.82 Å². The fourth-order valence-corrected chi connectivity index (χ4v) is 4.78. The summed E-state index contributed by atoms with van der Waals surface area (Å²) in [6, 6.07) is 10.7. The topological polar surface area (TPSA) is 96.3 Å². The van der Waals surface area contributed by atoms with Crippen molar-refractivity contribution in [3.05, 3.63) is 42.6 Å². The van der Waals surface area contributed by atoms with Crippen molar-refractivity contribution in [2.75, 3.05) is 11.9 Å². The number of imide groups is 1. The number of rotatable bonds is 6. The van der Waals surface area contributed by atoms with Gasteiger partial charge in [0.25, 0.3) is 5.91 Å². The van der Waals surface area contributed by atoms with Gasteiger partial charge in [0.1, 0.15) is 12.1 Å². The molecule has 1 aliphatic carbocycles. The molecule has 1 aliphatic heterocycles. The lowest BCUT2D eigenvalue weighted by atomic mass is 9.65. The standard InChI is InChI=1S/C24H31N5O3/c1-4-23(2,3)17-10-13-24(14-11-17)21(31)28(22(32)26-24)16-20(30)25-19-12-15-29(27-19)18-8-6-5-7-9-18/h5-9,12,15,17H,4,10-11,13-14,16H2,1-3H3,(H,26,32)(H,25,27,30). The van der Waals surface area contributed by atoms with E-state index < -0.39 is 17.5 Å². The van der Waals surface area contributed by atoms with E-state index in [0.717, 1.165) is 29.8 Å². The quantitative estimate of drug-likeness (QED) is 0.673. The van der Waals surface area contributed by atoms with Crippen molar-refractivity contribution in [3.8, 4) is 5.69 Å². The van der Waals surface area contributed by atoms with Gasteiger partial charge < -0.3 is 10.6 Å². The van der Waals surface area contributed by atoms with E-state index in [-0.39, 0.29) is 17.9 Å². The first kappa shape index (κ1) is 22.0. The summed E-state index contributed by atoms with van der Waals surface area (Å²) in [6.07, 6.45) is 5.84. The second-order valence-corrected chi connectivity index (χ2v) is 9.55. The van der Waals surface area contributed by atoms with Crippen molar-refractivity contribution in [1.29, 1.82) is 0 Å². The van der Waals surface area contributed by atoms with Crippen LogP contribution in [0.2, 0.25) is 0 Å². The zero-order valence-electron chi connectivity index (χ0n) is 18.9. The van der Waals surface area contributed by atoms with Crippen LogP contribution < -0.4 is 10.6 Å². The number of hydrogen-bond donors (Lipinski definition) is 2. The Morgan fingerprint density at radius 3 is 2.53 bits per heavy atom. The summed E-state index contributed by atoms with van der Waals surface area (Å²) in [5, 5.41) is 9.91. The van der Waals surface area contributed by atoms with Crippen molar-refractivity contribution in [2.24, 2.45) is 11.3 Å². The molecule has 170 valence electrons. The van der Waals surface area contributed by atoms with Crippen molar-refractivity contribution >= 4 is 23.7 Å². The average molecular weight is 438 g/mol. The molecule has 8 heteroatoms. The van der Waals surface area contributed by atoms with Crippen LogP contribution in [0.25, 0.3) is 5.69 Å². The molecular weight excluding hydrogens is 406 g/mol. The minimum Gasteiger partial charge on any atom is -0.323 e. The number of amides is 4. The Labute approximate surface area is 188 Å². The zero-order chi connectivity index (χ0) is 22.9. The number of carbonyl (C=O) groups is 3. The first-order valence-electron chi connectivity index (χ1n) is 11.3. The third-order valence-electron chi connectivity index (χ3n) is 7.28. The summed E-state index contributed by atoms with van der Waals surface area (Å²) in [5.41, 5.74) is 0.216. The van der Waals surface area contributed by atoms with E-state index in [1.807, 2.05) is 30.3 Å². The molecule has 8 nitrogen and oxygen atoms in total. The van der Waals surface area contributed by atoms with Crippen molar-refractivity contribution in [2.45, 2.75) is 58.4 Å². The molecular formula is C24H31N5O3. The van der Waals surface area contributed by atoms with Crippen molar-refractivity contribution in [3.63, 3.8) is 0 Å². The molecule has 0 unspecified atom stereocenters. The molecule has 1 aromatic carbocycles. The molecule has 1 aromatic heterocycles.